The zero-order valence-electron chi connectivity index (χ0n) is 8.85. The fraction of sp³-hybridized carbons (Fsp3) is 0.455. The molecular formula is C11H13N3OS. The summed E-state index contributed by atoms with van der Waals surface area (Å²) < 4.78 is 4.76. The van der Waals surface area contributed by atoms with Crippen molar-refractivity contribution in [3.8, 4) is 0 Å². The van der Waals surface area contributed by atoms with Crippen LogP contribution in [0.4, 0.5) is 5.69 Å². The highest BCUT2D eigenvalue weighted by atomic mass is 32.2. The Morgan fingerprint density at radius 3 is 2.75 bits per heavy atom. The quantitative estimate of drug-likeness (QED) is 0.811. The Balaban J connectivity index is 1.96. The van der Waals surface area contributed by atoms with Gasteiger partial charge in [-0.05, 0) is 35.3 Å². The number of benzene rings is 1. The molecule has 1 aromatic heterocycles. The number of nitrogen functional groups attached to an aromatic ring is 1. The van der Waals surface area contributed by atoms with Crippen molar-refractivity contribution in [2.24, 2.45) is 0 Å². The van der Waals surface area contributed by atoms with Gasteiger partial charge < -0.3 is 5.73 Å². The van der Waals surface area contributed by atoms with Gasteiger partial charge in [0.2, 0.25) is 0 Å². The maximum Gasteiger partial charge on any atom is 0.159 e. The molecule has 0 amide bonds. The van der Waals surface area contributed by atoms with Crippen LogP contribution in [0.25, 0.3) is 11.0 Å². The number of hydrogen-bond acceptors (Lipinski definition) is 5. The second-order valence-corrected chi connectivity index (χ2v) is 5.48. The summed E-state index contributed by atoms with van der Waals surface area (Å²) in [6.45, 7) is 0. The number of nitrogens with zero attached hydrogens (tertiary/aromatic N) is 2. The SMILES string of the molecule is Nc1ccc(SC2CCCC2)c2nonc12. The van der Waals surface area contributed by atoms with Crippen molar-refractivity contribution in [3.63, 3.8) is 0 Å². The largest absolute Gasteiger partial charge is 0.397 e. The lowest BCUT2D eigenvalue weighted by atomic mass is 10.3. The lowest BCUT2D eigenvalue weighted by molar-refractivity contribution is 0.315. The normalized spacial score (nSPS) is 17.2. The molecule has 2 N–H and O–H groups in total. The van der Waals surface area contributed by atoms with Gasteiger partial charge in [0.1, 0.15) is 0 Å². The molecule has 1 aliphatic carbocycles. The first-order chi connectivity index (χ1) is 7.84. The van der Waals surface area contributed by atoms with Crippen molar-refractivity contribution in [2.45, 2.75) is 35.8 Å². The van der Waals surface area contributed by atoms with Gasteiger partial charge in [-0.1, -0.05) is 12.8 Å². The Hall–Kier alpha value is -1.23. The number of anilines is 1. The third-order valence-electron chi connectivity index (χ3n) is 3.01. The molecule has 0 aliphatic heterocycles. The number of aromatic nitrogens is 2. The van der Waals surface area contributed by atoms with E-state index in [2.05, 4.69) is 10.3 Å². The Bertz CT molecular complexity index is 505. The predicted octanol–water partition coefficient (Wildman–Crippen LogP) is 2.84. The van der Waals surface area contributed by atoms with Crippen molar-refractivity contribution in [2.75, 3.05) is 5.73 Å². The molecular weight excluding hydrogens is 222 g/mol. The summed E-state index contributed by atoms with van der Waals surface area (Å²) in [5.74, 6) is 0. The fourth-order valence-electron chi connectivity index (χ4n) is 2.14. The van der Waals surface area contributed by atoms with Crippen molar-refractivity contribution in [1.82, 2.24) is 10.3 Å². The topological polar surface area (TPSA) is 64.9 Å². The average Bonchev–Trinajstić information content (AvgIpc) is 2.92. The summed E-state index contributed by atoms with van der Waals surface area (Å²) in [4.78, 5) is 1.14. The summed E-state index contributed by atoms with van der Waals surface area (Å²) in [5.41, 5.74) is 7.92. The van der Waals surface area contributed by atoms with E-state index in [0.29, 0.717) is 16.5 Å². The highest BCUT2D eigenvalue weighted by Crippen LogP contribution is 2.38. The van der Waals surface area contributed by atoms with Crippen LogP contribution in [-0.4, -0.2) is 15.6 Å². The lowest BCUT2D eigenvalue weighted by Gasteiger charge is -2.08. The van der Waals surface area contributed by atoms with Gasteiger partial charge >= 0.3 is 0 Å². The second-order valence-electron chi connectivity index (χ2n) is 4.14. The molecule has 0 spiro atoms. The van der Waals surface area contributed by atoms with Crippen molar-refractivity contribution < 1.29 is 4.63 Å². The first kappa shape index (κ1) is 9.96. The molecule has 4 nitrogen and oxygen atoms in total. The fourth-order valence-corrected chi connectivity index (χ4v) is 3.46. The molecule has 5 heteroatoms. The maximum atomic E-state index is 5.81. The van der Waals surface area contributed by atoms with Crippen LogP contribution >= 0.6 is 11.8 Å². The number of fused-ring (bicyclic) bond motifs is 1. The van der Waals surface area contributed by atoms with Crippen LogP contribution in [0, 0.1) is 0 Å². The molecule has 0 radical (unpaired) electrons. The Morgan fingerprint density at radius 2 is 1.94 bits per heavy atom. The third-order valence-corrected chi connectivity index (χ3v) is 4.39. The molecule has 1 saturated carbocycles. The molecule has 2 aromatic rings. The second kappa shape index (κ2) is 3.97. The number of thioether (sulfide) groups is 1. The van der Waals surface area contributed by atoms with Gasteiger partial charge in [-0.25, -0.2) is 4.63 Å². The highest BCUT2D eigenvalue weighted by molar-refractivity contribution is 8.00. The van der Waals surface area contributed by atoms with Gasteiger partial charge in [0.15, 0.2) is 11.0 Å². The van der Waals surface area contributed by atoms with E-state index >= 15 is 0 Å². The van der Waals surface area contributed by atoms with Crippen LogP contribution in [-0.2, 0) is 0 Å². The molecule has 1 heterocycles. The van der Waals surface area contributed by atoms with E-state index in [1.165, 1.54) is 25.7 Å². The van der Waals surface area contributed by atoms with Gasteiger partial charge in [0.25, 0.3) is 0 Å². The van der Waals surface area contributed by atoms with Crippen LogP contribution < -0.4 is 5.73 Å². The summed E-state index contributed by atoms with van der Waals surface area (Å²) >= 11 is 1.88. The average molecular weight is 235 g/mol. The summed E-state index contributed by atoms with van der Waals surface area (Å²) in [5, 5.41) is 8.48. The molecule has 0 saturated heterocycles. The van der Waals surface area contributed by atoms with Gasteiger partial charge in [0.05, 0.1) is 5.69 Å². The minimum atomic E-state index is 0.632. The van der Waals surface area contributed by atoms with E-state index in [1.54, 1.807) is 0 Å². The molecule has 3 rings (SSSR count). The number of hydrogen-bond donors (Lipinski definition) is 1. The van der Waals surface area contributed by atoms with E-state index in [-0.39, 0.29) is 0 Å². The molecule has 0 unspecified atom stereocenters. The third kappa shape index (κ3) is 1.65. The van der Waals surface area contributed by atoms with Gasteiger partial charge in [-0.15, -0.1) is 11.8 Å². The molecule has 1 fully saturated rings. The number of rotatable bonds is 2. The first-order valence-corrected chi connectivity index (χ1v) is 6.40. The minimum absolute atomic E-state index is 0.632. The molecule has 1 aliphatic rings. The zero-order chi connectivity index (χ0) is 11.0. The highest BCUT2D eigenvalue weighted by Gasteiger charge is 2.19. The Kier molecular flexibility index (Phi) is 2.47. The monoisotopic (exact) mass is 235 g/mol. The van der Waals surface area contributed by atoms with Crippen LogP contribution in [0.1, 0.15) is 25.7 Å². The van der Waals surface area contributed by atoms with E-state index in [0.717, 1.165) is 10.4 Å². The van der Waals surface area contributed by atoms with Crippen LogP contribution in [0.2, 0.25) is 0 Å². The molecule has 84 valence electrons. The number of nitrogens with two attached hydrogens (primary N) is 1. The summed E-state index contributed by atoms with van der Waals surface area (Å²) in [7, 11) is 0. The van der Waals surface area contributed by atoms with Crippen molar-refractivity contribution in [1.29, 1.82) is 0 Å². The molecule has 0 atom stereocenters. The zero-order valence-corrected chi connectivity index (χ0v) is 9.67. The summed E-state index contributed by atoms with van der Waals surface area (Å²) in [6, 6.07) is 3.90. The maximum absolute atomic E-state index is 5.81. The molecule has 1 aromatic carbocycles. The van der Waals surface area contributed by atoms with Crippen LogP contribution in [0.15, 0.2) is 21.7 Å². The van der Waals surface area contributed by atoms with E-state index in [1.807, 2.05) is 23.9 Å². The first-order valence-electron chi connectivity index (χ1n) is 5.52. The smallest absolute Gasteiger partial charge is 0.159 e. The van der Waals surface area contributed by atoms with Crippen molar-refractivity contribution in [3.05, 3.63) is 12.1 Å². The van der Waals surface area contributed by atoms with E-state index in [9.17, 15) is 0 Å². The van der Waals surface area contributed by atoms with Gasteiger partial charge in [-0.3, -0.25) is 0 Å². The lowest BCUT2D eigenvalue weighted by Crippen LogP contribution is -1.94. The van der Waals surface area contributed by atoms with Gasteiger partial charge in [-0.2, -0.15) is 0 Å². The molecule has 0 bridgehead atoms. The molecule has 16 heavy (non-hydrogen) atoms. The van der Waals surface area contributed by atoms with Crippen LogP contribution in [0.3, 0.4) is 0 Å². The van der Waals surface area contributed by atoms with E-state index < -0.39 is 0 Å². The summed E-state index contributed by atoms with van der Waals surface area (Å²) in [6.07, 6.45) is 5.27. The predicted molar refractivity (Wildman–Crippen MR) is 64.3 cm³/mol. The van der Waals surface area contributed by atoms with E-state index in [4.69, 9.17) is 10.4 Å². The van der Waals surface area contributed by atoms with Crippen molar-refractivity contribution >= 4 is 28.5 Å². The Labute approximate surface area is 97.5 Å². The minimum Gasteiger partial charge on any atom is -0.397 e. The van der Waals surface area contributed by atoms with Crippen LogP contribution in [0.5, 0.6) is 0 Å². The Morgan fingerprint density at radius 1 is 1.19 bits per heavy atom. The van der Waals surface area contributed by atoms with Gasteiger partial charge in [0, 0.05) is 10.1 Å². The standard InChI is InChI=1S/C11H13N3OS/c12-8-5-6-9(11-10(8)13-15-14-11)16-7-3-1-2-4-7/h5-7H,1-4,12H2.